The van der Waals surface area contributed by atoms with Crippen molar-refractivity contribution in [3.63, 3.8) is 0 Å². The molecule has 1 N–H and O–H groups in total. The first-order chi connectivity index (χ1) is 13.8. The van der Waals surface area contributed by atoms with Crippen molar-refractivity contribution < 1.29 is 13.2 Å². The fourth-order valence-corrected chi connectivity index (χ4v) is 4.34. The molecule has 7 nitrogen and oxygen atoms in total. The lowest BCUT2D eigenvalue weighted by molar-refractivity contribution is -0.122. The van der Waals surface area contributed by atoms with Crippen LogP contribution in [0.3, 0.4) is 0 Å². The molecule has 0 bridgehead atoms. The van der Waals surface area contributed by atoms with E-state index < -0.39 is 21.3 Å². The van der Waals surface area contributed by atoms with Gasteiger partial charge in [0.25, 0.3) is 5.56 Å². The number of benzene rings is 2. The molecule has 0 unspecified atom stereocenters. The maximum absolute atomic E-state index is 12.8. The van der Waals surface area contributed by atoms with Crippen molar-refractivity contribution in [2.45, 2.75) is 29.9 Å². The topological polar surface area (TPSA) is 98.1 Å². The summed E-state index contributed by atoms with van der Waals surface area (Å²) in [5.74, 6) is -0.458. The fourth-order valence-electron chi connectivity index (χ4n) is 2.62. The lowest BCUT2D eigenvalue weighted by Gasteiger charge is -2.10. The fraction of sp³-hybridized carbons (Fsp3) is 0.150. The molecule has 0 aliphatic carbocycles. The summed E-state index contributed by atoms with van der Waals surface area (Å²) in [6.07, 6.45) is 0. The number of aryl methyl sites for hydroxylation is 1. The number of hydrogen-bond acceptors (Lipinski definition) is 5. The zero-order valence-corrected chi connectivity index (χ0v) is 17.9. The Morgan fingerprint density at radius 1 is 1.10 bits per heavy atom. The van der Waals surface area contributed by atoms with Crippen LogP contribution < -0.4 is 10.9 Å². The van der Waals surface area contributed by atoms with Crippen LogP contribution in [0.25, 0.3) is 0 Å². The number of aromatic nitrogens is 2. The van der Waals surface area contributed by atoms with E-state index in [1.54, 1.807) is 19.1 Å². The van der Waals surface area contributed by atoms with Crippen LogP contribution in [0.1, 0.15) is 11.1 Å². The predicted molar refractivity (Wildman–Crippen MR) is 111 cm³/mol. The summed E-state index contributed by atoms with van der Waals surface area (Å²) in [6, 6.07) is 16.1. The van der Waals surface area contributed by atoms with Gasteiger partial charge in [0.05, 0.1) is 4.90 Å². The van der Waals surface area contributed by atoms with E-state index >= 15 is 0 Å². The number of nitrogens with one attached hydrogen (secondary N) is 1. The first-order valence-corrected chi connectivity index (χ1v) is 10.9. The summed E-state index contributed by atoms with van der Waals surface area (Å²) in [6.45, 7) is 1.65. The highest BCUT2D eigenvalue weighted by Gasteiger charge is 2.21. The second-order valence-electron chi connectivity index (χ2n) is 6.36. The van der Waals surface area contributed by atoms with Crippen molar-refractivity contribution in [1.82, 2.24) is 15.1 Å². The molecule has 0 saturated heterocycles. The zero-order valence-electron chi connectivity index (χ0n) is 15.5. The minimum absolute atomic E-state index is 0.0774. The Balaban J connectivity index is 1.79. The molecule has 0 aliphatic heterocycles. The number of amides is 1. The number of rotatable bonds is 6. The Bertz CT molecular complexity index is 1220. The Morgan fingerprint density at radius 3 is 2.59 bits per heavy atom. The van der Waals surface area contributed by atoms with Gasteiger partial charge in [0.15, 0.2) is 5.03 Å². The van der Waals surface area contributed by atoms with Crippen molar-refractivity contribution >= 4 is 31.7 Å². The van der Waals surface area contributed by atoms with Gasteiger partial charge in [-0.3, -0.25) is 9.59 Å². The molecule has 1 amide bonds. The van der Waals surface area contributed by atoms with E-state index in [2.05, 4.69) is 26.3 Å². The molecule has 2 aromatic carbocycles. The van der Waals surface area contributed by atoms with E-state index in [-0.39, 0.29) is 23.0 Å². The third kappa shape index (κ3) is 4.99. The maximum atomic E-state index is 12.8. The van der Waals surface area contributed by atoms with Crippen molar-refractivity contribution in [2.24, 2.45) is 0 Å². The van der Waals surface area contributed by atoms with E-state index in [9.17, 15) is 18.0 Å². The summed E-state index contributed by atoms with van der Waals surface area (Å²) >= 11 is 3.40. The molecular formula is C20H18BrN3O4S. The predicted octanol–water partition coefficient (Wildman–Crippen LogP) is 2.46. The highest BCUT2D eigenvalue weighted by Crippen LogP contribution is 2.19. The third-order valence-corrected chi connectivity index (χ3v) is 6.56. The average Bonchev–Trinajstić information content (AvgIpc) is 2.69. The van der Waals surface area contributed by atoms with Crippen molar-refractivity contribution in [3.05, 3.63) is 86.6 Å². The number of nitrogens with zero attached hydrogens (tertiary/aromatic N) is 2. The quantitative estimate of drug-likeness (QED) is 0.590. The van der Waals surface area contributed by atoms with Gasteiger partial charge in [-0.25, -0.2) is 13.1 Å². The van der Waals surface area contributed by atoms with Crippen LogP contribution in [0.15, 0.2) is 79.9 Å². The molecule has 1 heterocycles. The van der Waals surface area contributed by atoms with Crippen LogP contribution in [0, 0.1) is 6.92 Å². The molecule has 0 radical (unpaired) electrons. The van der Waals surface area contributed by atoms with E-state index in [1.165, 1.54) is 12.1 Å². The molecule has 150 valence electrons. The Hall–Kier alpha value is -2.78. The maximum Gasteiger partial charge on any atom is 0.267 e. The normalized spacial score (nSPS) is 11.2. The standard InChI is InChI=1S/C20H18BrN3O4S/c1-14-5-4-7-16(11-14)29(27,28)19-9-10-20(26)24(23-19)13-18(25)22-12-15-6-2-3-8-17(15)21/h2-11H,12-13H2,1H3,(H,22,25). The summed E-state index contributed by atoms with van der Waals surface area (Å²) in [5, 5.41) is 6.31. The number of carbonyl (C=O) groups is 1. The van der Waals surface area contributed by atoms with Crippen LogP contribution in [0.5, 0.6) is 0 Å². The highest BCUT2D eigenvalue weighted by atomic mass is 79.9. The smallest absolute Gasteiger partial charge is 0.267 e. The van der Waals surface area contributed by atoms with E-state index in [4.69, 9.17) is 0 Å². The van der Waals surface area contributed by atoms with Gasteiger partial charge in [-0.05, 0) is 42.3 Å². The van der Waals surface area contributed by atoms with Gasteiger partial charge >= 0.3 is 0 Å². The summed E-state index contributed by atoms with van der Waals surface area (Å²) in [4.78, 5) is 24.4. The minimum Gasteiger partial charge on any atom is -0.350 e. The monoisotopic (exact) mass is 475 g/mol. The number of hydrogen-bond donors (Lipinski definition) is 1. The van der Waals surface area contributed by atoms with Crippen LogP contribution in [0.2, 0.25) is 0 Å². The molecule has 0 fully saturated rings. The number of sulfone groups is 1. The number of carbonyl (C=O) groups excluding carboxylic acids is 1. The molecule has 0 atom stereocenters. The third-order valence-electron chi connectivity index (χ3n) is 4.14. The van der Waals surface area contributed by atoms with Crippen LogP contribution in [-0.4, -0.2) is 24.1 Å². The van der Waals surface area contributed by atoms with Gasteiger partial charge in [-0.1, -0.05) is 46.3 Å². The molecule has 1 aromatic heterocycles. The van der Waals surface area contributed by atoms with Gasteiger partial charge in [-0.15, -0.1) is 0 Å². The molecule has 0 spiro atoms. The van der Waals surface area contributed by atoms with E-state index in [0.29, 0.717) is 0 Å². The SMILES string of the molecule is Cc1cccc(S(=O)(=O)c2ccc(=O)n(CC(=O)NCc3ccccc3Br)n2)c1. The molecule has 3 rings (SSSR count). The average molecular weight is 476 g/mol. The molecule has 29 heavy (non-hydrogen) atoms. The van der Waals surface area contributed by atoms with Gasteiger partial charge in [-0.2, -0.15) is 5.10 Å². The molecule has 0 aliphatic rings. The highest BCUT2D eigenvalue weighted by molar-refractivity contribution is 9.10. The Kier molecular flexibility index (Phi) is 6.29. The molecular weight excluding hydrogens is 458 g/mol. The molecule has 0 saturated carbocycles. The van der Waals surface area contributed by atoms with Crippen LogP contribution >= 0.6 is 15.9 Å². The van der Waals surface area contributed by atoms with Gasteiger partial charge < -0.3 is 5.32 Å². The van der Waals surface area contributed by atoms with Crippen molar-refractivity contribution in [3.8, 4) is 0 Å². The van der Waals surface area contributed by atoms with Crippen molar-refractivity contribution in [2.75, 3.05) is 0 Å². The van der Waals surface area contributed by atoms with Gasteiger partial charge in [0.1, 0.15) is 6.54 Å². The summed E-state index contributed by atoms with van der Waals surface area (Å²) in [5.41, 5.74) is 1.09. The number of halogens is 1. The summed E-state index contributed by atoms with van der Waals surface area (Å²) in [7, 11) is -3.91. The van der Waals surface area contributed by atoms with Gasteiger partial charge in [0, 0.05) is 17.1 Å². The van der Waals surface area contributed by atoms with E-state index in [1.807, 2.05) is 24.3 Å². The Labute approximate surface area is 176 Å². The second kappa shape index (κ2) is 8.71. The first kappa shape index (κ1) is 20.9. The summed E-state index contributed by atoms with van der Waals surface area (Å²) < 4.78 is 27.3. The first-order valence-electron chi connectivity index (χ1n) is 8.67. The van der Waals surface area contributed by atoms with Crippen LogP contribution in [0.4, 0.5) is 0 Å². The lowest BCUT2D eigenvalue weighted by Crippen LogP contribution is -2.33. The van der Waals surface area contributed by atoms with Crippen molar-refractivity contribution in [1.29, 1.82) is 0 Å². The zero-order chi connectivity index (χ0) is 21.0. The lowest BCUT2D eigenvalue weighted by atomic mass is 10.2. The molecule has 3 aromatic rings. The van der Waals surface area contributed by atoms with E-state index in [0.717, 1.165) is 32.4 Å². The minimum atomic E-state index is -3.91. The van der Waals surface area contributed by atoms with Gasteiger partial charge in [0.2, 0.25) is 15.7 Å². The van der Waals surface area contributed by atoms with Crippen LogP contribution in [-0.2, 0) is 27.7 Å². The molecule has 9 heteroatoms. The Morgan fingerprint density at radius 2 is 1.86 bits per heavy atom. The second-order valence-corrected chi connectivity index (χ2v) is 9.11. The largest absolute Gasteiger partial charge is 0.350 e.